The fourth-order valence-electron chi connectivity index (χ4n) is 2.19. The van der Waals surface area contributed by atoms with Gasteiger partial charge in [0, 0.05) is 26.6 Å². The number of aryl methyl sites for hydroxylation is 1. The monoisotopic (exact) mass is 238 g/mol. The number of carbonyl (C=O) groups is 1. The number of amides is 1. The second kappa shape index (κ2) is 5.27. The van der Waals surface area contributed by atoms with E-state index in [-0.39, 0.29) is 5.91 Å². The van der Waals surface area contributed by atoms with E-state index in [1.807, 2.05) is 6.92 Å². The Hall–Kier alpha value is -1.43. The summed E-state index contributed by atoms with van der Waals surface area (Å²) in [4.78, 5) is 13.6. The summed E-state index contributed by atoms with van der Waals surface area (Å²) >= 11 is 0. The van der Waals surface area contributed by atoms with Gasteiger partial charge in [-0.1, -0.05) is 10.3 Å². The molecule has 0 spiro atoms. The predicted octanol–water partition coefficient (Wildman–Crippen LogP) is 0.336. The molecule has 1 amide bonds. The smallest absolute Gasteiger partial charge is 0.220 e. The number of hydrogen-bond donors (Lipinski definition) is 1. The van der Waals surface area contributed by atoms with Crippen LogP contribution in [0.25, 0.3) is 0 Å². The van der Waals surface area contributed by atoms with Gasteiger partial charge >= 0.3 is 0 Å². The van der Waals surface area contributed by atoms with E-state index in [1.54, 1.807) is 7.05 Å². The van der Waals surface area contributed by atoms with Crippen LogP contribution in [0.4, 0.5) is 0 Å². The molecule has 0 aliphatic carbocycles. The molecule has 1 N–H and O–H groups in total. The molecular weight excluding hydrogens is 220 g/mol. The molecule has 6 nitrogen and oxygen atoms in total. The van der Waals surface area contributed by atoms with E-state index in [2.05, 4.69) is 25.2 Å². The van der Waals surface area contributed by atoms with E-state index in [0.29, 0.717) is 12.3 Å². The number of carbonyl (C=O) groups excluding carboxylic acids is 1. The average Bonchev–Trinajstić information content (AvgIpc) is 2.90. The summed E-state index contributed by atoms with van der Waals surface area (Å²) in [5.74, 6) is 0.575. The lowest BCUT2D eigenvalue weighted by atomic mass is 10.1. The van der Waals surface area contributed by atoms with Crippen LogP contribution in [0.15, 0.2) is 4.63 Å². The number of aromatic nitrogens is 2. The topological polar surface area (TPSA) is 71.3 Å². The van der Waals surface area contributed by atoms with E-state index in [0.717, 1.165) is 37.4 Å². The van der Waals surface area contributed by atoms with Gasteiger partial charge in [0.2, 0.25) is 5.91 Å². The summed E-state index contributed by atoms with van der Waals surface area (Å²) in [6.45, 7) is 4.61. The van der Waals surface area contributed by atoms with Gasteiger partial charge in [-0.2, -0.15) is 0 Å². The zero-order valence-electron chi connectivity index (χ0n) is 10.3. The van der Waals surface area contributed by atoms with Crippen LogP contribution < -0.4 is 5.32 Å². The minimum atomic E-state index is 0.121. The summed E-state index contributed by atoms with van der Waals surface area (Å²) < 4.78 is 4.67. The molecule has 1 atom stereocenters. The van der Waals surface area contributed by atoms with Crippen LogP contribution in [-0.4, -0.2) is 41.3 Å². The van der Waals surface area contributed by atoms with Gasteiger partial charge in [0.15, 0.2) is 0 Å². The summed E-state index contributed by atoms with van der Waals surface area (Å²) in [7, 11) is 1.68. The van der Waals surface area contributed by atoms with Gasteiger partial charge in [0.05, 0.1) is 0 Å². The SMILES string of the molecule is CNC(=O)C[C@H]1CCN(Cc2nonc2C)C1. The zero-order chi connectivity index (χ0) is 12.3. The van der Waals surface area contributed by atoms with Gasteiger partial charge < -0.3 is 5.32 Å². The van der Waals surface area contributed by atoms with Crippen molar-refractivity contribution in [2.45, 2.75) is 26.3 Å². The number of nitrogens with one attached hydrogen (secondary N) is 1. The quantitative estimate of drug-likeness (QED) is 0.818. The van der Waals surface area contributed by atoms with Crippen LogP contribution >= 0.6 is 0 Å². The van der Waals surface area contributed by atoms with Gasteiger partial charge in [-0.05, 0) is 25.8 Å². The molecule has 0 radical (unpaired) electrons. The van der Waals surface area contributed by atoms with Crippen molar-refractivity contribution in [2.24, 2.45) is 5.92 Å². The van der Waals surface area contributed by atoms with E-state index >= 15 is 0 Å². The van der Waals surface area contributed by atoms with Gasteiger partial charge in [-0.3, -0.25) is 9.69 Å². The fourth-order valence-corrected chi connectivity index (χ4v) is 2.19. The fraction of sp³-hybridized carbons (Fsp3) is 0.727. The Bertz CT molecular complexity index is 391. The summed E-state index contributed by atoms with van der Waals surface area (Å²) in [6.07, 6.45) is 1.68. The largest absolute Gasteiger partial charge is 0.359 e. The molecule has 1 saturated heterocycles. The zero-order valence-corrected chi connectivity index (χ0v) is 10.3. The minimum Gasteiger partial charge on any atom is -0.359 e. The summed E-state index contributed by atoms with van der Waals surface area (Å²) in [6, 6.07) is 0. The molecule has 2 heterocycles. The Balaban J connectivity index is 1.82. The molecule has 1 aromatic heterocycles. The highest BCUT2D eigenvalue weighted by atomic mass is 16.6. The van der Waals surface area contributed by atoms with E-state index < -0.39 is 0 Å². The molecule has 0 unspecified atom stereocenters. The molecule has 1 aliphatic heterocycles. The number of nitrogens with zero attached hydrogens (tertiary/aromatic N) is 3. The maximum atomic E-state index is 11.3. The Morgan fingerprint density at radius 3 is 3.06 bits per heavy atom. The first-order chi connectivity index (χ1) is 8.19. The van der Waals surface area contributed by atoms with Gasteiger partial charge in [-0.15, -0.1) is 0 Å². The first kappa shape index (κ1) is 12.0. The highest BCUT2D eigenvalue weighted by Crippen LogP contribution is 2.21. The first-order valence-corrected chi connectivity index (χ1v) is 5.90. The van der Waals surface area contributed by atoms with Crippen molar-refractivity contribution in [2.75, 3.05) is 20.1 Å². The van der Waals surface area contributed by atoms with Gasteiger partial charge in [0.25, 0.3) is 0 Å². The second-order valence-corrected chi connectivity index (χ2v) is 4.56. The Morgan fingerprint density at radius 2 is 2.41 bits per heavy atom. The van der Waals surface area contributed by atoms with Crippen LogP contribution in [0.5, 0.6) is 0 Å². The van der Waals surface area contributed by atoms with Crippen LogP contribution in [-0.2, 0) is 11.3 Å². The maximum absolute atomic E-state index is 11.3. The second-order valence-electron chi connectivity index (χ2n) is 4.56. The first-order valence-electron chi connectivity index (χ1n) is 5.90. The molecular formula is C11H18N4O2. The van der Waals surface area contributed by atoms with Crippen molar-refractivity contribution in [3.05, 3.63) is 11.4 Å². The van der Waals surface area contributed by atoms with Crippen molar-refractivity contribution in [1.29, 1.82) is 0 Å². The number of hydrogen-bond acceptors (Lipinski definition) is 5. The lowest BCUT2D eigenvalue weighted by Gasteiger charge is -2.13. The Labute approximate surface area is 100 Å². The van der Waals surface area contributed by atoms with Crippen molar-refractivity contribution >= 4 is 5.91 Å². The summed E-state index contributed by atoms with van der Waals surface area (Å²) in [5.41, 5.74) is 1.74. The van der Waals surface area contributed by atoms with Crippen LogP contribution in [0.1, 0.15) is 24.2 Å². The summed E-state index contributed by atoms with van der Waals surface area (Å²) in [5, 5.41) is 10.3. The molecule has 0 bridgehead atoms. The Kier molecular flexibility index (Phi) is 3.73. The third-order valence-corrected chi connectivity index (χ3v) is 3.24. The van der Waals surface area contributed by atoms with E-state index in [1.165, 1.54) is 0 Å². The highest BCUT2D eigenvalue weighted by Gasteiger charge is 2.25. The number of likely N-dealkylation sites (tertiary alicyclic amines) is 1. The molecule has 1 aliphatic rings. The lowest BCUT2D eigenvalue weighted by molar-refractivity contribution is -0.121. The molecule has 0 saturated carbocycles. The molecule has 1 fully saturated rings. The van der Waals surface area contributed by atoms with E-state index in [9.17, 15) is 4.79 Å². The Morgan fingerprint density at radius 1 is 1.59 bits per heavy atom. The van der Waals surface area contributed by atoms with Crippen LogP contribution in [0.2, 0.25) is 0 Å². The molecule has 94 valence electrons. The lowest BCUT2D eigenvalue weighted by Crippen LogP contribution is -2.24. The van der Waals surface area contributed by atoms with Crippen molar-refractivity contribution in [1.82, 2.24) is 20.5 Å². The molecule has 0 aromatic carbocycles. The number of rotatable bonds is 4. The minimum absolute atomic E-state index is 0.121. The maximum Gasteiger partial charge on any atom is 0.220 e. The third-order valence-electron chi connectivity index (χ3n) is 3.24. The van der Waals surface area contributed by atoms with Gasteiger partial charge in [-0.25, -0.2) is 4.63 Å². The van der Waals surface area contributed by atoms with Crippen LogP contribution in [0.3, 0.4) is 0 Å². The predicted molar refractivity (Wildman–Crippen MR) is 61.1 cm³/mol. The molecule has 1 aromatic rings. The third kappa shape index (κ3) is 3.03. The van der Waals surface area contributed by atoms with Crippen LogP contribution in [0, 0.1) is 12.8 Å². The molecule has 6 heteroatoms. The standard InChI is InChI=1S/C11H18N4O2/c1-8-10(14-17-13-8)7-15-4-3-9(6-15)5-11(16)12-2/h9H,3-7H2,1-2H3,(H,12,16)/t9-/m1/s1. The van der Waals surface area contributed by atoms with Crippen molar-refractivity contribution < 1.29 is 9.42 Å². The molecule has 17 heavy (non-hydrogen) atoms. The van der Waals surface area contributed by atoms with Gasteiger partial charge in [0.1, 0.15) is 11.4 Å². The van der Waals surface area contributed by atoms with E-state index in [4.69, 9.17) is 0 Å². The average molecular weight is 238 g/mol. The molecule has 2 rings (SSSR count). The normalized spacial score (nSPS) is 20.7. The van der Waals surface area contributed by atoms with Crippen molar-refractivity contribution in [3.8, 4) is 0 Å². The highest BCUT2D eigenvalue weighted by molar-refractivity contribution is 5.75. The van der Waals surface area contributed by atoms with Crippen molar-refractivity contribution in [3.63, 3.8) is 0 Å².